The molecule has 0 N–H and O–H groups in total. The van der Waals surface area contributed by atoms with Gasteiger partial charge in [-0.25, -0.2) is 0 Å². The average Bonchev–Trinajstić information content (AvgIpc) is 2.81. The Balaban J connectivity index is 2.45. The fourth-order valence-electron chi connectivity index (χ4n) is 2.09. The first-order valence-electron chi connectivity index (χ1n) is 5.83. The summed E-state index contributed by atoms with van der Waals surface area (Å²) in [6.07, 6.45) is 0. The number of amides is 1. The molecule has 6 heteroatoms. The highest BCUT2D eigenvalue weighted by Gasteiger charge is 2.41. The molecule has 2 rings (SSSR count). The number of carbonyl (C=O) groups is 1. The highest BCUT2D eigenvalue weighted by Crippen LogP contribution is 2.27. The Morgan fingerprint density at radius 2 is 1.94 bits per heavy atom. The first-order chi connectivity index (χ1) is 8.11. The first-order valence-corrected chi connectivity index (χ1v) is 6.24. The van der Waals surface area contributed by atoms with E-state index in [-0.39, 0.29) is 5.91 Å². The highest BCUT2D eigenvalue weighted by molar-refractivity contribution is 7.80. The number of rotatable bonds is 2. The van der Waals surface area contributed by atoms with Crippen molar-refractivity contribution in [2.45, 2.75) is 13.8 Å². The van der Waals surface area contributed by atoms with Gasteiger partial charge in [-0.1, -0.05) is 0 Å². The summed E-state index contributed by atoms with van der Waals surface area (Å²) in [5, 5.41) is 0.575. The number of hydrogen-bond acceptors (Lipinski definition) is 4. The molecule has 2 heterocycles. The summed E-state index contributed by atoms with van der Waals surface area (Å²) in [4.78, 5) is 17.7. The number of thiocarbonyl (C=S) groups is 1. The van der Waals surface area contributed by atoms with Gasteiger partial charge in [0.2, 0.25) is 5.88 Å². The Kier molecular flexibility index (Phi) is 3.24. The molecule has 2 aliphatic heterocycles. The summed E-state index contributed by atoms with van der Waals surface area (Å²) in [6, 6.07) is 0. The summed E-state index contributed by atoms with van der Waals surface area (Å²) < 4.78 is 5.55. The van der Waals surface area contributed by atoms with Gasteiger partial charge in [0, 0.05) is 20.1 Å². The Morgan fingerprint density at radius 3 is 2.41 bits per heavy atom. The summed E-state index contributed by atoms with van der Waals surface area (Å²) >= 11 is 5.31. The molecule has 17 heavy (non-hydrogen) atoms. The lowest BCUT2D eigenvalue weighted by atomic mass is 10.3. The van der Waals surface area contributed by atoms with Gasteiger partial charge in [0.15, 0.2) is 10.8 Å². The molecular formula is C11H17N3O2S. The van der Waals surface area contributed by atoms with Crippen LogP contribution in [0.4, 0.5) is 0 Å². The average molecular weight is 255 g/mol. The SMILES string of the molecule is CCN1C(=O)/C(=C2/OCCN2C)N(CC)C1=S. The van der Waals surface area contributed by atoms with E-state index in [1.165, 1.54) is 0 Å². The molecule has 0 aromatic rings. The maximum absolute atomic E-state index is 12.3. The summed E-state index contributed by atoms with van der Waals surface area (Å²) in [5.74, 6) is 0.596. The van der Waals surface area contributed by atoms with E-state index < -0.39 is 0 Å². The topological polar surface area (TPSA) is 36.0 Å². The Bertz CT molecular complexity index is 394. The maximum atomic E-state index is 12.3. The molecule has 2 aliphatic rings. The van der Waals surface area contributed by atoms with E-state index in [2.05, 4.69) is 0 Å². The molecule has 0 spiro atoms. The lowest BCUT2D eigenvalue weighted by Gasteiger charge is -2.19. The van der Waals surface area contributed by atoms with E-state index in [1.54, 1.807) is 4.90 Å². The van der Waals surface area contributed by atoms with Crippen LogP contribution in [0.25, 0.3) is 0 Å². The lowest BCUT2D eigenvalue weighted by molar-refractivity contribution is -0.122. The van der Waals surface area contributed by atoms with Crippen molar-refractivity contribution in [3.63, 3.8) is 0 Å². The molecule has 0 saturated carbocycles. The zero-order chi connectivity index (χ0) is 12.6. The molecule has 0 radical (unpaired) electrons. The van der Waals surface area contributed by atoms with Crippen LogP contribution in [0, 0.1) is 0 Å². The molecule has 0 bridgehead atoms. The van der Waals surface area contributed by atoms with Crippen LogP contribution in [-0.4, -0.2) is 59.0 Å². The van der Waals surface area contributed by atoms with Crippen molar-refractivity contribution in [3.05, 3.63) is 11.6 Å². The molecule has 2 fully saturated rings. The second-order valence-electron chi connectivity index (χ2n) is 4.00. The van der Waals surface area contributed by atoms with Crippen molar-refractivity contribution in [1.29, 1.82) is 0 Å². The van der Waals surface area contributed by atoms with Gasteiger partial charge in [-0.05, 0) is 26.1 Å². The van der Waals surface area contributed by atoms with Gasteiger partial charge in [-0.2, -0.15) is 0 Å². The number of likely N-dealkylation sites (N-methyl/N-ethyl adjacent to an activating group) is 3. The zero-order valence-electron chi connectivity index (χ0n) is 10.4. The minimum absolute atomic E-state index is 0.0527. The Morgan fingerprint density at radius 1 is 1.29 bits per heavy atom. The van der Waals surface area contributed by atoms with Crippen molar-refractivity contribution < 1.29 is 9.53 Å². The fraction of sp³-hybridized carbons (Fsp3) is 0.636. The predicted octanol–water partition coefficient (Wildman–Crippen LogP) is 0.586. The van der Waals surface area contributed by atoms with Gasteiger partial charge in [0.05, 0.1) is 6.54 Å². The van der Waals surface area contributed by atoms with Crippen LogP contribution in [0.15, 0.2) is 11.6 Å². The number of ether oxygens (including phenoxy) is 1. The second-order valence-corrected chi connectivity index (χ2v) is 4.37. The van der Waals surface area contributed by atoms with Crippen LogP contribution < -0.4 is 0 Å². The molecule has 0 aromatic carbocycles. The number of nitrogens with zero attached hydrogens (tertiary/aromatic N) is 3. The third-order valence-corrected chi connectivity index (χ3v) is 3.47. The molecule has 0 aliphatic carbocycles. The third kappa shape index (κ3) is 1.76. The maximum Gasteiger partial charge on any atom is 0.282 e. The highest BCUT2D eigenvalue weighted by atomic mass is 32.1. The Labute approximate surface area is 107 Å². The number of carbonyl (C=O) groups excluding carboxylic acids is 1. The van der Waals surface area contributed by atoms with Crippen molar-refractivity contribution in [2.75, 3.05) is 33.3 Å². The summed E-state index contributed by atoms with van der Waals surface area (Å²) in [7, 11) is 1.92. The normalized spacial score (nSPS) is 25.0. The van der Waals surface area contributed by atoms with Crippen LogP contribution in [0.5, 0.6) is 0 Å². The second kappa shape index (κ2) is 4.52. The van der Waals surface area contributed by atoms with Gasteiger partial charge in [0.25, 0.3) is 5.91 Å². The summed E-state index contributed by atoms with van der Waals surface area (Å²) in [6.45, 7) is 6.60. The van der Waals surface area contributed by atoms with Crippen LogP contribution in [0.3, 0.4) is 0 Å². The monoisotopic (exact) mass is 255 g/mol. The number of hydrogen-bond donors (Lipinski definition) is 0. The van der Waals surface area contributed by atoms with E-state index in [0.717, 1.165) is 6.54 Å². The minimum Gasteiger partial charge on any atom is -0.476 e. The van der Waals surface area contributed by atoms with E-state index in [9.17, 15) is 4.79 Å². The van der Waals surface area contributed by atoms with Crippen molar-refractivity contribution in [2.24, 2.45) is 0 Å². The van der Waals surface area contributed by atoms with Crippen molar-refractivity contribution in [3.8, 4) is 0 Å². The van der Waals surface area contributed by atoms with E-state index in [4.69, 9.17) is 17.0 Å². The van der Waals surface area contributed by atoms with Crippen LogP contribution >= 0.6 is 12.2 Å². The molecule has 2 saturated heterocycles. The zero-order valence-corrected chi connectivity index (χ0v) is 11.2. The van der Waals surface area contributed by atoms with Crippen molar-refractivity contribution >= 4 is 23.2 Å². The lowest BCUT2D eigenvalue weighted by Crippen LogP contribution is -2.32. The van der Waals surface area contributed by atoms with Crippen LogP contribution in [0.2, 0.25) is 0 Å². The smallest absolute Gasteiger partial charge is 0.282 e. The molecule has 0 atom stereocenters. The first kappa shape index (κ1) is 12.2. The molecular weight excluding hydrogens is 238 g/mol. The van der Waals surface area contributed by atoms with Crippen LogP contribution in [0.1, 0.15) is 13.8 Å². The van der Waals surface area contributed by atoms with Crippen LogP contribution in [-0.2, 0) is 9.53 Å². The molecule has 1 amide bonds. The third-order valence-electron chi connectivity index (χ3n) is 3.03. The fourth-order valence-corrected chi connectivity index (χ4v) is 2.52. The molecule has 0 aromatic heterocycles. The van der Waals surface area contributed by atoms with Gasteiger partial charge < -0.3 is 14.5 Å². The minimum atomic E-state index is -0.0527. The van der Waals surface area contributed by atoms with Gasteiger partial charge in [-0.3, -0.25) is 9.69 Å². The summed E-state index contributed by atoms with van der Waals surface area (Å²) in [5.41, 5.74) is 0.583. The molecule has 5 nitrogen and oxygen atoms in total. The standard InChI is InChI=1S/C11H17N3O2S/c1-4-13-8(10-12(3)6-7-16-10)9(15)14(5-2)11(13)17/h4-7H2,1-3H3/b10-8-. The van der Waals surface area contributed by atoms with Gasteiger partial charge in [0.1, 0.15) is 6.61 Å². The van der Waals surface area contributed by atoms with Gasteiger partial charge >= 0.3 is 0 Å². The van der Waals surface area contributed by atoms with E-state index in [0.29, 0.717) is 36.4 Å². The van der Waals surface area contributed by atoms with Gasteiger partial charge in [-0.15, -0.1) is 0 Å². The Hall–Kier alpha value is -1.30. The largest absolute Gasteiger partial charge is 0.476 e. The van der Waals surface area contributed by atoms with E-state index >= 15 is 0 Å². The molecule has 94 valence electrons. The van der Waals surface area contributed by atoms with E-state index in [1.807, 2.05) is 30.7 Å². The predicted molar refractivity (Wildman–Crippen MR) is 68.0 cm³/mol. The molecule has 0 unspecified atom stereocenters. The quantitative estimate of drug-likeness (QED) is 0.533. The van der Waals surface area contributed by atoms with Crippen molar-refractivity contribution in [1.82, 2.24) is 14.7 Å².